The maximum atomic E-state index is 13.0. The fourth-order valence-corrected chi connectivity index (χ4v) is 4.16. The lowest BCUT2D eigenvalue weighted by molar-refractivity contribution is -0.150. The molecule has 0 aromatic heterocycles. The highest BCUT2D eigenvalue weighted by Gasteiger charge is 2.31. The Balaban J connectivity index is 1.71. The monoisotopic (exact) mass is 428 g/mol. The van der Waals surface area contributed by atoms with Crippen LogP contribution in [0.1, 0.15) is 56.6 Å². The summed E-state index contributed by atoms with van der Waals surface area (Å²) >= 11 is 0. The third kappa shape index (κ3) is 6.66. The summed E-state index contributed by atoms with van der Waals surface area (Å²) in [5.41, 5.74) is 0.819. The molecule has 0 unspecified atom stereocenters. The Morgan fingerprint density at radius 2 is 1.97 bits per heavy atom. The summed E-state index contributed by atoms with van der Waals surface area (Å²) in [6.07, 6.45) is 7.24. The smallest absolute Gasteiger partial charge is 0.306 e. The summed E-state index contributed by atoms with van der Waals surface area (Å²) < 4.78 is 5.64. The van der Waals surface area contributed by atoms with Crippen molar-refractivity contribution in [1.82, 2.24) is 10.2 Å². The molecule has 2 aliphatic heterocycles. The molecule has 31 heavy (non-hydrogen) atoms. The zero-order chi connectivity index (χ0) is 22.1. The summed E-state index contributed by atoms with van der Waals surface area (Å²) in [4.78, 5) is 39.7. The number of cyclic esters (lactones) is 1. The lowest BCUT2D eigenvalue weighted by Crippen LogP contribution is -2.41. The second-order valence-electron chi connectivity index (χ2n) is 8.20. The Hall–Kier alpha value is -2.67. The zero-order valence-electron chi connectivity index (χ0n) is 17.9. The van der Waals surface area contributed by atoms with E-state index in [0.717, 1.165) is 18.4 Å². The van der Waals surface area contributed by atoms with Crippen LogP contribution in [0.2, 0.25) is 0 Å². The number of benzene rings is 1. The van der Waals surface area contributed by atoms with Gasteiger partial charge in [-0.1, -0.05) is 42.5 Å². The molecule has 1 aromatic carbocycles. The minimum Gasteiger partial charge on any atom is -0.456 e. The van der Waals surface area contributed by atoms with E-state index in [1.54, 1.807) is 4.90 Å². The Morgan fingerprint density at radius 1 is 1.16 bits per heavy atom. The van der Waals surface area contributed by atoms with Crippen LogP contribution in [0, 0.1) is 5.92 Å². The molecule has 2 aliphatic rings. The molecule has 3 rings (SSSR count). The van der Waals surface area contributed by atoms with Crippen LogP contribution in [0.3, 0.4) is 0 Å². The van der Waals surface area contributed by atoms with E-state index in [1.165, 1.54) is 0 Å². The number of esters is 1. The number of allylic oxidation sites excluding steroid dienone is 2. The zero-order valence-corrected chi connectivity index (χ0v) is 17.9. The first kappa shape index (κ1) is 23.0. The lowest BCUT2D eigenvalue weighted by Gasteiger charge is -2.25. The van der Waals surface area contributed by atoms with Gasteiger partial charge in [-0.2, -0.15) is 0 Å². The molecule has 0 saturated carbocycles. The van der Waals surface area contributed by atoms with Crippen LogP contribution in [0.5, 0.6) is 0 Å². The van der Waals surface area contributed by atoms with Crippen molar-refractivity contribution < 1.29 is 24.2 Å². The number of hydrogen-bond acceptors (Lipinski definition) is 5. The number of hydrogen-bond donors (Lipinski definition) is 2. The van der Waals surface area contributed by atoms with Crippen molar-refractivity contribution in [3.8, 4) is 0 Å². The Labute approximate surface area is 183 Å². The van der Waals surface area contributed by atoms with Gasteiger partial charge in [-0.05, 0) is 37.7 Å². The van der Waals surface area contributed by atoms with E-state index in [1.807, 2.05) is 42.5 Å². The van der Waals surface area contributed by atoms with Crippen LogP contribution >= 0.6 is 0 Å². The minimum atomic E-state index is -0.569. The van der Waals surface area contributed by atoms with Crippen LogP contribution in [-0.2, 0) is 19.1 Å². The van der Waals surface area contributed by atoms with Gasteiger partial charge >= 0.3 is 5.97 Å². The maximum Gasteiger partial charge on any atom is 0.306 e. The molecule has 1 fully saturated rings. The highest BCUT2D eigenvalue weighted by molar-refractivity contribution is 5.86. The number of ether oxygens (including phenoxy) is 1. The van der Waals surface area contributed by atoms with Gasteiger partial charge in [0.05, 0.1) is 25.1 Å². The highest BCUT2D eigenvalue weighted by atomic mass is 16.5. The summed E-state index contributed by atoms with van der Waals surface area (Å²) in [6.45, 7) is 0.735. The number of likely N-dealkylation sites (tertiary alicyclic amines) is 1. The summed E-state index contributed by atoms with van der Waals surface area (Å²) in [7, 11) is 0. The number of carbonyl (C=O) groups excluding carboxylic acids is 3. The quantitative estimate of drug-likeness (QED) is 0.568. The molecule has 3 atom stereocenters. The van der Waals surface area contributed by atoms with E-state index in [0.29, 0.717) is 32.2 Å². The average molecular weight is 429 g/mol. The van der Waals surface area contributed by atoms with Crippen LogP contribution < -0.4 is 5.32 Å². The summed E-state index contributed by atoms with van der Waals surface area (Å²) in [6, 6.07) is 9.20. The first-order chi connectivity index (χ1) is 15.1. The minimum absolute atomic E-state index is 0.0490. The molecular weight excluding hydrogens is 396 g/mol. The Morgan fingerprint density at radius 3 is 2.74 bits per heavy atom. The Kier molecular flexibility index (Phi) is 8.64. The van der Waals surface area contributed by atoms with E-state index in [9.17, 15) is 19.5 Å². The molecule has 0 spiro atoms. The predicted molar refractivity (Wildman–Crippen MR) is 116 cm³/mol. The first-order valence-corrected chi connectivity index (χ1v) is 11.2. The molecule has 0 radical (unpaired) electrons. The van der Waals surface area contributed by atoms with Gasteiger partial charge in [0, 0.05) is 19.4 Å². The molecule has 1 saturated heterocycles. The molecule has 2 amide bonds. The van der Waals surface area contributed by atoms with E-state index in [-0.39, 0.29) is 43.4 Å². The number of nitrogens with one attached hydrogen (secondary N) is 1. The molecule has 2 N–H and O–H groups in total. The number of aliphatic hydroxyl groups excluding tert-OH is 1. The Bertz CT molecular complexity index is 779. The van der Waals surface area contributed by atoms with Crippen LogP contribution in [-0.4, -0.2) is 53.5 Å². The van der Waals surface area contributed by atoms with Crippen molar-refractivity contribution in [3.63, 3.8) is 0 Å². The van der Waals surface area contributed by atoms with E-state index < -0.39 is 12.0 Å². The molecule has 0 bridgehead atoms. The van der Waals surface area contributed by atoms with Gasteiger partial charge in [-0.3, -0.25) is 14.4 Å². The van der Waals surface area contributed by atoms with E-state index >= 15 is 0 Å². The molecule has 168 valence electrons. The van der Waals surface area contributed by atoms with Gasteiger partial charge in [-0.25, -0.2) is 0 Å². The van der Waals surface area contributed by atoms with Gasteiger partial charge in [0.25, 0.3) is 0 Å². The number of nitrogens with zero attached hydrogens (tertiary/aromatic N) is 1. The number of carbonyl (C=O) groups is 3. The molecule has 2 heterocycles. The van der Waals surface area contributed by atoms with Crippen LogP contribution in [0.4, 0.5) is 0 Å². The van der Waals surface area contributed by atoms with Gasteiger partial charge < -0.3 is 20.1 Å². The third-order valence-electron chi connectivity index (χ3n) is 5.95. The summed E-state index contributed by atoms with van der Waals surface area (Å²) in [5, 5.41) is 12.4. The van der Waals surface area contributed by atoms with Crippen molar-refractivity contribution in [2.24, 2.45) is 5.92 Å². The molecule has 0 aliphatic carbocycles. The number of aliphatic hydroxyl groups is 1. The fourth-order valence-electron chi connectivity index (χ4n) is 4.16. The topological polar surface area (TPSA) is 95.9 Å². The second-order valence-corrected chi connectivity index (χ2v) is 8.20. The SMILES string of the molecule is O=C1CCCC=CC[C@H](CC(=O)N2CCC[C@H]2CO)C(=O)NC[C@H](c2ccccc2)O1. The fraction of sp³-hybridized carbons (Fsp3) is 0.542. The lowest BCUT2D eigenvalue weighted by atomic mass is 9.98. The standard InChI is InChI=1S/C24H32N2O5/c27-17-20-12-8-14-26(20)22(28)15-19-11-4-1-2-7-13-23(29)31-21(16-25-24(19)30)18-9-5-3-6-10-18/h1,3-6,9-10,19-21,27H,2,7-8,11-17H2,(H,25,30)/t19-,20+,21-/m1/s1. The largest absolute Gasteiger partial charge is 0.456 e. The van der Waals surface area contributed by atoms with Gasteiger partial charge in [0.15, 0.2) is 0 Å². The van der Waals surface area contributed by atoms with Crippen molar-refractivity contribution in [2.75, 3.05) is 19.7 Å². The molecule has 1 aromatic rings. The van der Waals surface area contributed by atoms with Crippen molar-refractivity contribution >= 4 is 17.8 Å². The van der Waals surface area contributed by atoms with Crippen LogP contribution in [0.25, 0.3) is 0 Å². The van der Waals surface area contributed by atoms with Gasteiger partial charge in [0.1, 0.15) is 6.10 Å². The predicted octanol–water partition coefficient (Wildman–Crippen LogP) is 2.51. The molecule has 7 nitrogen and oxygen atoms in total. The molecule has 7 heteroatoms. The first-order valence-electron chi connectivity index (χ1n) is 11.2. The normalized spacial score (nSPS) is 25.7. The van der Waals surface area contributed by atoms with E-state index in [4.69, 9.17) is 4.74 Å². The van der Waals surface area contributed by atoms with Crippen molar-refractivity contribution in [3.05, 3.63) is 48.0 Å². The van der Waals surface area contributed by atoms with Gasteiger partial charge in [-0.15, -0.1) is 0 Å². The van der Waals surface area contributed by atoms with Crippen molar-refractivity contribution in [2.45, 2.75) is 57.1 Å². The van der Waals surface area contributed by atoms with Crippen LogP contribution in [0.15, 0.2) is 42.5 Å². The third-order valence-corrected chi connectivity index (χ3v) is 5.95. The average Bonchev–Trinajstić information content (AvgIpc) is 3.27. The highest BCUT2D eigenvalue weighted by Crippen LogP contribution is 2.22. The summed E-state index contributed by atoms with van der Waals surface area (Å²) in [5.74, 6) is -1.11. The second kappa shape index (κ2) is 11.6. The molecular formula is C24H32N2O5. The maximum absolute atomic E-state index is 13.0. The number of amides is 2. The van der Waals surface area contributed by atoms with Crippen molar-refractivity contribution in [1.29, 1.82) is 0 Å². The van der Waals surface area contributed by atoms with Gasteiger partial charge in [0.2, 0.25) is 11.8 Å². The van der Waals surface area contributed by atoms with E-state index in [2.05, 4.69) is 5.32 Å². The number of rotatable bonds is 4.